The summed E-state index contributed by atoms with van der Waals surface area (Å²) in [6.07, 6.45) is 4.31. The first kappa shape index (κ1) is 10.4. The molecule has 1 heterocycles. The van der Waals surface area contributed by atoms with E-state index < -0.39 is 0 Å². The summed E-state index contributed by atoms with van der Waals surface area (Å²) in [6, 6.07) is 11.0. The first-order valence-corrected chi connectivity index (χ1v) is 6.05. The number of allylic oxidation sites excluding steroid dienone is 1. The summed E-state index contributed by atoms with van der Waals surface area (Å²) in [4.78, 5) is 13.4. The van der Waals surface area contributed by atoms with Gasteiger partial charge in [-0.25, -0.2) is 4.79 Å². The summed E-state index contributed by atoms with van der Waals surface area (Å²) >= 11 is 0. The maximum absolute atomic E-state index is 11.6. The molecule has 3 rings (SSSR count). The van der Waals surface area contributed by atoms with E-state index in [0.29, 0.717) is 6.04 Å². The number of likely N-dealkylation sites (N-methyl/N-ethyl adjacent to an activating group) is 1. The Kier molecular flexibility index (Phi) is 2.39. The van der Waals surface area contributed by atoms with E-state index in [2.05, 4.69) is 35.7 Å². The second kappa shape index (κ2) is 3.91. The van der Waals surface area contributed by atoms with Crippen LogP contribution in [0.1, 0.15) is 18.4 Å². The summed E-state index contributed by atoms with van der Waals surface area (Å²) in [5.74, 6) is 0. The highest BCUT2D eigenvalue weighted by atomic mass is 16.2. The second-order valence-corrected chi connectivity index (χ2v) is 4.75. The molecule has 2 aliphatic rings. The molecule has 3 nitrogen and oxygen atoms in total. The number of hydrogen-bond donors (Lipinski definition) is 1. The van der Waals surface area contributed by atoms with Gasteiger partial charge in [-0.3, -0.25) is 0 Å². The number of carbonyl (C=O) groups excluding carboxylic acids is 1. The number of urea groups is 1. The van der Waals surface area contributed by atoms with E-state index in [4.69, 9.17) is 0 Å². The maximum Gasteiger partial charge on any atom is 0.318 e. The van der Waals surface area contributed by atoms with Gasteiger partial charge in [0.25, 0.3) is 0 Å². The zero-order valence-electron chi connectivity index (χ0n) is 9.89. The summed E-state index contributed by atoms with van der Waals surface area (Å²) in [6.45, 7) is 0. The third kappa shape index (κ3) is 1.71. The highest BCUT2D eigenvalue weighted by Gasteiger charge is 2.37. The van der Waals surface area contributed by atoms with E-state index in [1.54, 1.807) is 4.90 Å². The van der Waals surface area contributed by atoms with E-state index in [1.165, 1.54) is 11.1 Å². The lowest BCUT2D eigenvalue weighted by Gasteiger charge is -2.26. The van der Waals surface area contributed by atoms with Gasteiger partial charge in [-0.2, -0.15) is 0 Å². The molecule has 2 atom stereocenters. The minimum absolute atomic E-state index is 0.0468. The Balaban J connectivity index is 1.92. The van der Waals surface area contributed by atoms with Crippen molar-refractivity contribution >= 4 is 11.6 Å². The predicted molar refractivity (Wildman–Crippen MR) is 67.5 cm³/mol. The van der Waals surface area contributed by atoms with E-state index in [-0.39, 0.29) is 12.1 Å². The van der Waals surface area contributed by atoms with Gasteiger partial charge >= 0.3 is 6.03 Å². The molecule has 1 aliphatic carbocycles. The Morgan fingerprint density at radius 1 is 1.29 bits per heavy atom. The molecule has 88 valence electrons. The lowest BCUT2D eigenvalue weighted by molar-refractivity contribution is 0.221. The van der Waals surface area contributed by atoms with Crippen molar-refractivity contribution in [1.29, 1.82) is 0 Å². The third-order valence-electron chi connectivity index (χ3n) is 3.73. The average Bonchev–Trinajstić information content (AvgIpc) is 2.66. The SMILES string of the molecule is CN1C(=O)NC2CCC(c3ccccc3)=CC21. The van der Waals surface area contributed by atoms with Gasteiger partial charge in [0.05, 0.1) is 12.1 Å². The number of carbonyl (C=O) groups is 1. The fraction of sp³-hybridized carbons (Fsp3) is 0.357. The van der Waals surface area contributed by atoms with Crippen LogP contribution in [0.25, 0.3) is 5.57 Å². The summed E-state index contributed by atoms with van der Waals surface area (Å²) < 4.78 is 0. The second-order valence-electron chi connectivity index (χ2n) is 4.75. The molecule has 2 unspecified atom stereocenters. The zero-order valence-corrected chi connectivity index (χ0v) is 9.89. The van der Waals surface area contributed by atoms with Crippen LogP contribution in [0.15, 0.2) is 36.4 Å². The van der Waals surface area contributed by atoms with Gasteiger partial charge in [0.15, 0.2) is 0 Å². The number of rotatable bonds is 1. The molecular formula is C14H16N2O. The molecule has 0 spiro atoms. The lowest BCUT2D eigenvalue weighted by atomic mass is 9.88. The van der Waals surface area contributed by atoms with Gasteiger partial charge < -0.3 is 10.2 Å². The van der Waals surface area contributed by atoms with Crippen LogP contribution in [-0.2, 0) is 0 Å². The number of amides is 2. The van der Waals surface area contributed by atoms with Crippen LogP contribution in [0, 0.1) is 0 Å². The van der Waals surface area contributed by atoms with Crippen LogP contribution in [0.5, 0.6) is 0 Å². The molecule has 1 N–H and O–H groups in total. The molecule has 1 aromatic carbocycles. The van der Waals surface area contributed by atoms with E-state index in [1.807, 2.05) is 13.1 Å². The molecule has 0 bridgehead atoms. The molecule has 2 amide bonds. The largest absolute Gasteiger partial charge is 0.333 e. The maximum atomic E-state index is 11.6. The number of fused-ring (bicyclic) bond motifs is 1. The highest BCUT2D eigenvalue weighted by Crippen LogP contribution is 2.31. The van der Waals surface area contributed by atoms with Gasteiger partial charge in [0.1, 0.15) is 0 Å². The fourth-order valence-corrected chi connectivity index (χ4v) is 2.72. The van der Waals surface area contributed by atoms with Crippen LogP contribution in [0.4, 0.5) is 4.79 Å². The van der Waals surface area contributed by atoms with Crippen molar-refractivity contribution in [2.24, 2.45) is 0 Å². The minimum Gasteiger partial charge on any atom is -0.333 e. The van der Waals surface area contributed by atoms with Crippen LogP contribution in [0.2, 0.25) is 0 Å². The molecule has 0 radical (unpaired) electrons. The van der Waals surface area contributed by atoms with Crippen LogP contribution in [0.3, 0.4) is 0 Å². The summed E-state index contributed by atoms with van der Waals surface area (Å²) in [5.41, 5.74) is 2.63. The molecular weight excluding hydrogens is 212 g/mol. The smallest absolute Gasteiger partial charge is 0.318 e. The Morgan fingerprint density at radius 2 is 2.06 bits per heavy atom. The Morgan fingerprint density at radius 3 is 2.82 bits per heavy atom. The van der Waals surface area contributed by atoms with Gasteiger partial charge in [0, 0.05) is 7.05 Å². The summed E-state index contributed by atoms with van der Waals surface area (Å²) in [7, 11) is 1.87. The van der Waals surface area contributed by atoms with Gasteiger partial charge in [-0.15, -0.1) is 0 Å². The van der Waals surface area contributed by atoms with Gasteiger partial charge in [-0.1, -0.05) is 36.4 Å². The van der Waals surface area contributed by atoms with Crippen LogP contribution < -0.4 is 5.32 Å². The quantitative estimate of drug-likeness (QED) is 0.785. The van der Waals surface area contributed by atoms with Crippen molar-refractivity contribution in [2.75, 3.05) is 7.05 Å². The Labute approximate surface area is 101 Å². The standard InChI is InChI=1S/C14H16N2O/c1-16-13-9-11(10-5-3-2-4-6-10)7-8-12(13)15-14(16)17/h2-6,9,12-13H,7-8H2,1H3,(H,15,17). The number of hydrogen-bond acceptors (Lipinski definition) is 1. The molecule has 1 fully saturated rings. The van der Waals surface area contributed by atoms with Gasteiger partial charge in [-0.05, 0) is 24.0 Å². The Hall–Kier alpha value is -1.77. The first-order valence-electron chi connectivity index (χ1n) is 6.05. The molecule has 1 aromatic rings. The topological polar surface area (TPSA) is 32.3 Å². The fourth-order valence-electron chi connectivity index (χ4n) is 2.72. The third-order valence-corrected chi connectivity index (χ3v) is 3.73. The Bertz CT molecular complexity index is 466. The summed E-state index contributed by atoms with van der Waals surface area (Å²) in [5, 5.41) is 3.02. The van der Waals surface area contributed by atoms with Crippen molar-refractivity contribution in [3.05, 3.63) is 42.0 Å². The van der Waals surface area contributed by atoms with Crippen molar-refractivity contribution < 1.29 is 4.79 Å². The van der Waals surface area contributed by atoms with Crippen LogP contribution >= 0.6 is 0 Å². The van der Waals surface area contributed by atoms with E-state index >= 15 is 0 Å². The molecule has 0 saturated carbocycles. The highest BCUT2D eigenvalue weighted by molar-refractivity contribution is 5.79. The number of nitrogens with zero attached hydrogens (tertiary/aromatic N) is 1. The predicted octanol–water partition coefficient (Wildman–Crippen LogP) is 2.26. The monoisotopic (exact) mass is 228 g/mol. The molecule has 17 heavy (non-hydrogen) atoms. The van der Waals surface area contributed by atoms with Crippen molar-refractivity contribution in [1.82, 2.24) is 10.2 Å². The minimum atomic E-state index is 0.0468. The zero-order chi connectivity index (χ0) is 11.8. The molecule has 1 aliphatic heterocycles. The van der Waals surface area contributed by atoms with Gasteiger partial charge in [0.2, 0.25) is 0 Å². The number of benzene rings is 1. The normalized spacial score (nSPS) is 27.5. The van der Waals surface area contributed by atoms with Crippen molar-refractivity contribution in [3.8, 4) is 0 Å². The molecule has 3 heteroatoms. The van der Waals surface area contributed by atoms with Crippen molar-refractivity contribution in [2.45, 2.75) is 24.9 Å². The molecule has 1 saturated heterocycles. The average molecular weight is 228 g/mol. The van der Waals surface area contributed by atoms with Crippen molar-refractivity contribution in [3.63, 3.8) is 0 Å². The first-order chi connectivity index (χ1) is 8.25. The van der Waals surface area contributed by atoms with E-state index in [9.17, 15) is 4.79 Å². The lowest BCUT2D eigenvalue weighted by Crippen LogP contribution is -2.35. The number of nitrogens with one attached hydrogen (secondary N) is 1. The van der Waals surface area contributed by atoms with Crippen LogP contribution in [-0.4, -0.2) is 30.1 Å². The van der Waals surface area contributed by atoms with E-state index in [0.717, 1.165) is 12.8 Å². The molecule has 0 aromatic heterocycles.